The highest BCUT2D eigenvalue weighted by atomic mass is 16.5. The molecule has 5 rings (SSSR count). The first-order valence-electron chi connectivity index (χ1n) is 18.8. The second-order valence-electron chi connectivity index (χ2n) is 13.8. The summed E-state index contributed by atoms with van der Waals surface area (Å²) in [7, 11) is 0. The number of ketones is 2. The van der Waals surface area contributed by atoms with E-state index in [2.05, 4.69) is 20.8 Å². The van der Waals surface area contributed by atoms with E-state index < -0.39 is 45.8 Å². The van der Waals surface area contributed by atoms with Crippen molar-refractivity contribution < 1.29 is 58.7 Å². The first kappa shape index (κ1) is 44.7. The number of piperazine rings is 1. The van der Waals surface area contributed by atoms with E-state index in [9.17, 15) is 49.2 Å². The molecule has 16 heteroatoms. The predicted molar refractivity (Wildman–Crippen MR) is 208 cm³/mol. The highest BCUT2D eigenvalue weighted by molar-refractivity contribution is 6.28. The van der Waals surface area contributed by atoms with Crippen molar-refractivity contribution in [3.8, 4) is 6.07 Å². The molecule has 4 atom stereocenters. The Hall–Kier alpha value is -5.99. The summed E-state index contributed by atoms with van der Waals surface area (Å²) in [6.07, 6.45) is 1.29. The molecular weight excluding hydrogens is 752 g/mol. The second kappa shape index (κ2) is 20.4. The van der Waals surface area contributed by atoms with Gasteiger partial charge in [0.2, 0.25) is 11.6 Å². The number of hydrogen-bond acceptors (Lipinski definition) is 14. The Labute approximate surface area is 335 Å². The first-order valence-corrected chi connectivity index (χ1v) is 18.8. The molecule has 0 radical (unpaired) electrons. The number of aliphatic hydroxyl groups is 2. The van der Waals surface area contributed by atoms with Crippen LogP contribution in [0.15, 0.2) is 84.9 Å². The van der Waals surface area contributed by atoms with E-state index in [1.54, 1.807) is 0 Å². The van der Waals surface area contributed by atoms with E-state index in [4.69, 9.17) is 14.7 Å². The van der Waals surface area contributed by atoms with Crippen LogP contribution in [0.5, 0.6) is 0 Å². The number of carbonyl (C=O) groups excluding carboxylic acids is 4. The molecule has 0 aromatic heterocycles. The molecule has 0 spiro atoms. The molecule has 0 unspecified atom stereocenters. The zero-order chi connectivity index (χ0) is 42.5. The van der Waals surface area contributed by atoms with Crippen LogP contribution in [0.4, 0.5) is 5.69 Å². The van der Waals surface area contributed by atoms with Crippen LogP contribution in [0.2, 0.25) is 0 Å². The lowest BCUT2D eigenvalue weighted by Gasteiger charge is -2.46. The number of ether oxygens (including phenoxy) is 2. The Morgan fingerprint density at radius 1 is 0.707 bits per heavy atom. The number of carboxylic acid groups (broad SMARTS) is 2. The predicted octanol–water partition coefficient (Wildman–Crippen LogP) is 2.27. The monoisotopic (exact) mass is 800 g/mol. The number of anilines is 1. The zero-order valence-electron chi connectivity index (χ0n) is 32.4. The molecule has 3 aromatic carbocycles. The van der Waals surface area contributed by atoms with E-state index >= 15 is 0 Å². The van der Waals surface area contributed by atoms with Crippen LogP contribution >= 0.6 is 0 Å². The lowest BCUT2D eigenvalue weighted by atomic mass is 9.73. The molecule has 16 nitrogen and oxygen atoms in total. The van der Waals surface area contributed by atoms with Crippen LogP contribution in [-0.4, -0.2) is 142 Å². The van der Waals surface area contributed by atoms with Crippen LogP contribution in [0.25, 0.3) is 0 Å². The Balaban J connectivity index is 0.000000262. The maximum absolute atomic E-state index is 12.6. The first-order chi connectivity index (χ1) is 27.7. The number of nitriles is 1. The minimum atomic E-state index is -3.95. The Morgan fingerprint density at radius 3 is 1.64 bits per heavy atom. The third-order valence-corrected chi connectivity index (χ3v) is 10.2. The highest BCUT2D eigenvalue weighted by Gasteiger charge is 2.69. The van der Waals surface area contributed by atoms with Crippen molar-refractivity contribution in [3.63, 3.8) is 0 Å². The van der Waals surface area contributed by atoms with Crippen molar-refractivity contribution in [2.75, 3.05) is 63.9 Å². The number of piperidine rings is 1. The molecule has 2 fully saturated rings. The summed E-state index contributed by atoms with van der Waals surface area (Å²) >= 11 is 0. The van der Waals surface area contributed by atoms with Crippen LogP contribution in [0, 0.1) is 17.2 Å². The van der Waals surface area contributed by atoms with Crippen molar-refractivity contribution in [1.29, 1.82) is 5.26 Å². The van der Waals surface area contributed by atoms with Gasteiger partial charge in [0.1, 0.15) is 0 Å². The van der Waals surface area contributed by atoms with Crippen LogP contribution < -0.4 is 4.90 Å². The molecular formula is C42H48N4O12. The van der Waals surface area contributed by atoms with Gasteiger partial charge in [-0.15, -0.1) is 0 Å². The average Bonchev–Trinajstić information content (AvgIpc) is 3.23. The lowest BCUT2D eigenvalue weighted by molar-refractivity contribution is -0.187. The summed E-state index contributed by atoms with van der Waals surface area (Å²) in [5.74, 6) is -8.28. The van der Waals surface area contributed by atoms with Gasteiger partial charge in [-0.2, -0.15) is 5.26 Å². The molecule has 58 heavy (non-hydrogen) atoms. The quantitative estimate of drug-likeness (QED) is 0.0980. The summed E-state index contributed by atoms with van der Waals surface area (Å²) in [6.45, 7) is 9.82. The molecule has 3 aromatic rings. The topological polar surface area (TPSA) is 235 Å². The maximum Gasteiger partial charge on any atom is 0.348 e. The highest BCUT2D eigenvalue weighted by Crippen LogP contribution is 2.32. The van der Waals surface area contributed by atoms with E-state index in [1.165, 1.54) is 36.4 Å². The van der Waals surface area contributed by atoms with Crippen LogP contribution in [0.3, 0.4) is 0 Å². The third kappa shape index (κ3) is 10.3. The summed E-state index contributed by atoms with van der Waals surface area (Å²) in [5, 5.41) is 48.9. The summed E-state index contributed by atoms with van der Waals surface area (Å²) in [4.78, 5) is 79.7. The van der Waals surface area contributed by atoms with E-state index in [0.29, 0.717) is 37.8 Å². The molecule has 0 bridgehead atoms. The Kier molecular flexibility index (Phi) is 15.8. The number of hydrogen-bond donors (Lipinski definition) is 4. The largest absolute Gasteiger partial charge is 0.479 e. The van der Waals surface area contributed by atoms with Crippen molar-refractivity contribution in [1.82, 2.24) is 9.80 Å². The number of Topliss-reactive ketones (excluding diaryl/α,β-unsaturated/α-hetero) is 2. The number of carboxylic acids is 2. The van der Waals surface area contributed by atoms with Crippen molar-refractivity contribution in [3.05, 3.63) is 102 Å². The molecule has 308 valence electrons. The second-order valence-corrected chi connectivity index (χ2v) is 13.8. The lowest BCUT2D eigenvalue weighted by Crippen LogP contribution is -2.71. The number of nitrogens with zero attached hydrogens (tertiary/aromatic N) is 4. The van der Waals surface area contributed by atoms with Gasteiger partial charge in [-0.1, -0.05) is 60.7 Å². The van der Waals surface area contributed by atoms with Gasteiger partial charge in [0.05, 0.1) is 37.8 Å². The average molecular weight is 801 g/mol. The molecule has 0 saturated carbocycles. The van der Waals surface area contributed by atoms with Crippen molar-refractivity contribution in [2.24, 2.45) is 5.92 Å². The van der Waals surface area contributed by atoms with Crippen molar-refractivity contribution in [2.45, 2.75) is 43.9 Å². The van der Waals surface area contributed by atoms with Gasteiger partial charge in [0.25, 0.3) is 11.2 Å². The fraction of sp³-hybridized carbons (Fsp3) is 0.405. The number of esters is 2. The van der Waals surface area contributed by atoms with Gasteiger partial charge in [0, 0.05) is 62.1 Å². The summed E-state index contributed by atoms with van der Waals surface area (Å²) < 4.78 is 10.3. The Bertz CT molecular complexity index is 1870. The molecule has 4 N–H and O–H groups in total. The number of likely N-dealkylation sites (tertiary alicyclic amines) is 1. The standard InChI is InChI=1S/C24H34N4O4.C18H14O8/c1-3-31-23(29)15-20-17-26(18-24(30)32-4-2)10-9-22(20)28-13-11-27(12-14-28)21-7-5-19(16-25)6-8-21;19-13(11-7-3-1-4-8-11)17(25,15(21)22)18(26,16(23)24)14(20)12-9-5-2-6-10-12/h5-8,20,22H,3-4,9-15,17-18H2,1-2H3;1-10,25-26H,(H,21,22)(H,23,24)/t20-,22+;17-,18-/m11/s1. The van der Waals surface area contributed by atoms with Gasteiger partial charge < -0.3 is 34.8 Å². The molecule has 0 aliphatic carbocycles. The molecule has 2 heterocycles. The SMILES string of the molecule is CCOC(=O)C[C@@H]1CN(CC(=O)OCC)CC[C@@H]1N1CCN(c2ccc(C#N)cc2)CC1.O=C(O)[C@](O)(C(=O)c1ccccc1)[C@](O)(C(=O)O)C(=O)c1ccccc1. The molecule has 2 aliphatic heterocycles. The maximum atomic E-state index is 12.6. The normalized spacial score (nSPS) is 19.1. The smallest absolute Gasteiger partial charge is 0.348 e. The molecule has 2 aliphatic rings. The van der Waals surface area contributed by atoms with Gasteiger partial charge in [-0.25, -0.2) is 9.59 Å². The fourth-order valence-electron chi connectivity index (χ4n) is 7.23. The van der Waals surface area contributed by atoms with Gasteiger partial charge in [0.15, 0.2) is 0 Å². The third-order valence-electron chi connectivity index (χ3n) is 10.2. The van der Waals surface area contributed by atoms with Crippen molar-refractivity contribution >= 4 is 41.1 Å². The minimum absolute atomic E-state index is 0.124. The van der Waals surface area contributed by atoms with E-state index in [-0.39, 0.29) is 24.4 Å². The molecule has 2 saturated heterocycles. The van der Waals surface area contributed by atoms with Crippen LogP contribution in [-0.2, 0) is 28.7 Å². The minimum Gasteiger partial charge on any atom is -0.479 e. The number of carbonyl (C=O) groups is 6. The summed E-state index contributed by atoms with van der Waals surface area (Å²) in [5.41, 5.74) is -6.88. The van der Waals surface area contributed by atoms with E-state index in [0.717, 1.165) is 69.1 Å². The van der Waals surface area contributed by atoms with Crippen LogP contribution in [0.1, 0.15) is 53.0 Å². The number of rotatable bonds is 15. The van der Waals surface area contributed by atoms with Gasteiger partial charge >= 0.3 is 23.9 Å². The molecule has 0 amide bonds. The van der Waals surface area contributed by atoms with Gasteiger partial charge in [-0.05, 0) is 50.5 Å². The zero-order valence-corrected chi connectivity index (χ0v) is 32.4. The number of aliphatic carboxylic acids is 2. The Morgan fingerprint density at radius 2 is 1.19 bits per heavy atom. The number of benzene rings is 3. The fourth-order valence-corrected chi connectivity index (χ4v) is 7.23. The summed E-state index contributed by atoms with van der Waals surface area (Å²) in [6, 6.07) is 23.0. The van der Waals surface area contributed by atoms with Gasteiger partial charge in [-0.3, -0.25) is 29.0 Å². The van der Waals surface area contributed by atoms with E-state index in [1.807, 2.05) is 38.1 Å².